The fourth-order valence-corrected chi connectivity index (χ4v) is 1.61. The number of rotatable bonds is 4. The number of aliphatic hydroxyl groups excluding tert-OH is 1. The number of hydrogen-bond acceptors (Lipinski definition) is 4. The molecular weight excluding hydrogens is 218 g/mol. The molecule has 0 amide bonds. The van der Waals surface area contributed by atoms with Crippen molar-refractivity contribution in [2.45, 2.75) is 20.5 Å². The SMILES string of the molecule is CCOc1ccccc1-c1nc(CO)c(C)o1. The van der Waals surface area contributed by atoms with Crippen LogP contribution in [-0.4, -0.2) is 16.7 Å². The number of aryl methyl sites for hydroxylation is 1. The highest BCUT2D eigenvalue weighted by Crippen LogP contribution is 2.30. The average Bonchev–Trinajstić information content (AvgIpc) is 2.71. The molecule has 90 valence electrons. The molecule has 1 heterocycles. The van der Waals surface area contributed by atoms with Crippen LogP contribution in [0.5, 0.6) is 5.75 Å². The van der Waals surface area contributed by atoms with Crippen molar-refractivity contribution in [1.29, 1.82) is 0 Å². The molecule has 0 atom stereocenters. The summed E-state index contributed by atoms with van der Waals surface area (Å²) < 4.78 is 11.0. The molecule has 0 saturated heterocycles. The van der Waals surface area contributed by atoms with Crippen LogP contribution in [0.4, 0.5) is 0 Å². The Morgan fingerprint density at radius 1 is 1.35 bits per heavy atom. The lowest BCUT2D eigenvalue weighted by Gasteiger charge is -2.06. The van der Waals surface area contributed by atoms with E-state index in [1.165, 1.54) is 0 Å². The first-order valence-corrected chi connectivity index (χ1v) is 5.55. The fraction of sp³-hybridized carbons (Fsp3) is 0.308. The minimum atomic E-state index is -0.119. The Balaban J connectivity index is 2.44. The molecule has 0 aliphatic rings. The van der Waals surface area contributed by atoms with Crippen LogP contribution in [0.2, 0.25) is 0 Å². The van der Waals surface area contributed by atoms with Gasteiger partial charge in [0.15, 0.2) is 0 Å². The molecule has 0 aliphatic heterocycles. The summed E-state index contributed by atoms with van der Waals surface area (Å²) in [4.78, 5) is 4.24. The van der Waals surface area contributed by atoms with Crippen molar-refractivity contribution in [2.75, 3.05) is 6.61 Å². The summed E-state index contributed by atoms with van der Waals surface area (Å²) in [7, 11) is 0. The van der Waals surface area contributed by atoms with Crippen LogP contribution in [0.25, 0.3) is 11.5 Å². The van der Waals surface area contributed by atoms with Gasteiger partial charge in [-0.1, -0.05) is 12.1 Å². The van der Waals surface area contributed by atoms with Gasteiger partial charge in [-0.3, -0.25) is 0 Å². The largest absolute Gasteiger partial charge is 0.493 e. The van der Waals surface area contributed by atoms with Crippen molar-refractivity contribution >= 4 is 0 Å². The maximum absolute atomic E-state index is 9.10. The van der Waals surface area contributed by atoms with Crippen molar-refractivity contribution in [1.82, 2.24) is 4.98 Å². The smallest absolute Gasteiger partial charge is 0.230 e. The van der Waals surface area contributed by atoms with E-state index in [2.05, 4.69) is 4.98 Å². The van der Waals surface area contributed by atoms with Crippen molar-refractivity contribution in [3.63, 3.8) is 0 Å². The Labute approximate surface area is 99.9 Å². The number of aromatic nitrogens is 1. The van der Waals surface area contributed by atoms with Crippen LogP contribution in [0.3, 0.4) is 0 Å². The van der Waals surface area contributed by atoms with Crippen LogP contribution in [-0.2, 0) is 6.61 Å². The van der Waals surface area contributed by atoms with Crippen LogP contribution >= 0.6 is 0 Å². The molecule has 1 aromatic carbocycles. The van der Waals surface area contributed by atoms with Crippen LogP contribution in [0, 0.1) is 6.92 Å². The number of hydrogen-bond donors (Lipinski definition) is 1. The van der Waals surface area contributed by atoms with Gasteiger partial charge in [0.05, 0.1) is 18.8 Å². The Morgan fingerprint density at radius 3 is 2.76 bits per heavy atom. The van der Waals surface area contributed by atoms with Gasteiger partial charge < -0.3 is 14.3 Å². The third-order valence-corrected chi connectivity index (χ3v) is 2.46. The van der Waals surface area contributed by atoms with E-state index in [4.69, 9.17) is 14.3 Å². The second-order valence-electron chi connectivity index (χ2n) is 3.61. The second-order valence-corrected chi connectivity index (χ2v) is 3.61. The summed E-state index contributed by atoms with van der Waals surface area (Å²) in [5, 5.41) is 9.10. The predicted molar refractivity (Wildman–Crippen MR) is 63.8 cm³/mol. The Kier molecular flexibility index (Phi) is 3.44. The van der Waals surface area contributed by atoms with E-state index < -0.39 is 0 Å². The summed E-state index contributed by atoms with van der Waals surface area (Å²) in [5.41, 5.74) is 1.36. The van der Waals surface area contributed by atoms with E-state index in [-0.39, 0.29) is 6.61 Å². The summed E-state index contributed by atoms with van der Waals surface area (Å²) >= 11 is 0. The van der Waals surface area contributed by atoms with Gasteiger partial charge in [0.1, 0.15) is 17.2 Å². The third kappa shape index (κ3) is 2.31. The van der Waals surface area contributed by atoms with Crippen LogP contribution < -0.4 is 4.74 Å². The summed E-state index contributed by atoms with van der Waals surface area (Å²) in [6.07, 6.45) is 0. The van der Waals surface area contributed by atoms with Crippen LogP contribution in [0.15, 0.2) is 28.7 Å². The Bertz CT molecular complexity index is 505. The van der Waals surface area contributed by atoms with Gasteiger partial charge >= 0.3 is 0 Å². The number of para-hydroxylation sites is 1. The molecule has 1 N–H and O–H groups in total. The standard InChI is InChI=1S/C13H15NO3/c1-3-16-12-7-5-4-6-10(12)13-14-11(8-15)9(2)17-13/h4-7,15H,3,8H2,1-2H3. The zero-order valence-corrected chi connectivity index (χ0v) is 9.93. The van der Waals surface area contributed by atoms with E-state index in [0.29, 0.717) is 24.0 Å². The van der Waals surface area contributed by atoms with Gasteiger partial charge in [-0.25, -0.2) is 4.98 Å². The lowest BCUT2D eigenvalue weighted by atomic mass is 10.2. The lowest BCUT2D eigenvalue weighted by molar-refractivity contribution is 0.275. The highest BCUT2D eigenvalue weighted by Gasteiger charge is 2.14. The van der Waals surface area contributed by atoms with Crippen molar-refractivity contribution in [3.8, 4) is 17.2 Å². The number of nitrogens with zero attached hydrogens (tertiary/aromatic N) is 1. The van der Waals surface area contributed by atoms with Gasteiger partial charge in [-0.05, 0) is 26.0 Å². The molecule has 0 radical (unpaired) electrons. The Morgan fingerprint density at radius 2 is 2.12 bits per heavy atom. The third-order valence-electron chi connectivity index (χ3n) is 2.46. The van der Waals surface area contributed by atoms with Gasteiger partial charge in [0, 0.05) is 0 Å². The zero-order valence-electron chi connectivity index (χ0n) is 9.93. The zero-order chi connectivity index (χ0) is 12.3. The van der Waals surface area contributed by atoms with E-state index in [9.17, 15) is 0 Å². The fourth-order valence-electron chi connectivity index (χ4n) is 1.61. The number of benzene rings is 1. The van der Waals surface area contributed by atoms with E-state index in [1.807, 2.05) is 31.2 Å². The molecule has 17 heavy (non-hydrogen) atoms. The lowest BCUT2D eigenvalue weighted by Crippen LogP contribution is -1.94. The molecule has 0 spiro atoms. The summed E-state index contributed by atoms with van der Waals surface area (Å²) in [6, 6.07) is 7.56. The van der Waals surface area contributed by atoms with E-state index >= 15 is 0 Å². The maximum Gasteiger partial charge on any atom is 0.230 e. The summed E-state index contributed by atoms with van der Waals surface area (Å²) in [5.74, 6) is 1.85. The molecule has 0 bridgehead atoms. The van der Waals surface area contributed by atoms with E-state index in [0.717, 1.165) is 11.3 Å². The van der Waals surface area contributed by atoms with Crippen molar-refractivity contribution in [3.05, 3.63) is 35.7 Å². The highest BCUT2D eigenvalue weighted by molar-refractivity contribution is 5.62. The molecule has 1 aromatic heterocycles. The molecule has 0 unspecified atom stereocenters. The molecule has 2 rings (SSSR count). The monoisotopic (exact) mass is 233 g/mol. The van der Waals surface area contributed by atoms with Gasteiger partial charge in [-0.2, -0.15) is 0 Å². The minimum absolute atomic E-state index is 0.119. The second kappa shape index (κ2) is 5.01. The van der Waals surface area contributed by atoms with Crippen molar-refractivity contribution < 1.29 is 14.3 Å². The highest BCUT2D eigenvalue weighted by atomic mass is 16.5. The van der Waals surface area contributed by atoms with Gasteiger partial charge in [0.25, 0.3) is 0 Å². The minimum Gasteiger partial charge on any atom is -0.493 e. The van der Waals surface area contributed by atoms with Crippen LogP contribution in [0.1, 0.15) is 18.4 Å². The van der Waals surface area contributed by atoms with Gasteiger partial charge in [-0.15, -0.1) is 0 Å². The van der Waals surface area contributed by atoms with Crippen molar-refractivity contribution in [2.24, 2.45) is 0 Å². The predicted octanol–water partition coefficient (Wildman–Crippen LogP) is 2.54. The first-order chi connectivity index (χ1) is 8.26. The number of aliphatic hydroxyl groups is 1. The first kappa shape index (κ1) is 11.7. The topological polar surface area (TPSA) is 55.5 Å². The number of oxazole rings is 1. The maximum atomic E-state index is 9.10. The first-order valence-electron chi connectivity index (χ1n) is 5.55. The Hall–Kier alpha value is -1.81. The molecular formula is C13H15NO3. The average molecular weight is 233 g/mol. The molecule has 4 heteroatoms. The molecule has 0 aliphatic carbocycles. The van der Waals surface area contributed by atoms with Gasteiger partial charge in [0.2, 0.25) is 5.89 Å². The quantitative estimate of drug-likeness (QED) is 0.881. The summed E-state index contributed by atoms with van der Waals surface area (Å²) in [6.45, 7) is 4.18. The number of ether oxygens (including phenoxy) is 1. The molecule has 0 saturated carbocycles. The molecule has 0 fully saturated rings. The van der Waals surface area contributed by atoms with E-state index in [1.54, 1.807) is 6.92 Å². The molecule has 4 nitrogen and oxygen atoms in total. The molecule has 2 aromatic rings. The normalized spacial score (nSPS) is 10.5.